The van der Waals surface area contributed by atoms with Gasteiger partial charge >= 0.3 is 0 Å². The van der Waals surface area contributed by atoms with E-state index in [0.29, 0.717) is 5.44 Å². The van der Waals surface area contributed by atoms with Crippen LogP contribution in [-0.2, 0) is 14.0 Å². The van der Waals surface area contributed by atoms with E-state index >= 15 is 0 Å². The minimum absolute atomic E-state index is 0.417. The lowest BCUT2D eigenvalue weighted by Crippen LogP contribution is -2.11. The fraction of sp³-hybridized carbons (Fsp3) is 0.500. The molecular weight excluding hydrogens is 213 g/mol. The topological polar surface area (TPSA) is 48.4 Å². The third kappa shape index (κ3) is 3.13. The molecule has 0 bridgehead atoms. The second kappa shape index (κ2) is 4.88. The van der Waals surface area contributed by atoms with Crippen molar-refractivity contribution in [2.45, 2.75) is 6.29 Å². The van der Waals surface area contributed by atoms with Gasteiger partial charge in [0.1, 0.15) is 7.14 Å². The fourth-order valence-corrected chi connectivity index (χ4v) is 1.99. The second-order valence-electron chi connectivity index (χ2n) is 3.60. The molecule has 0 saturated heterocycles. The normalized spacial score (nSPS) is 12.1. The van der Waals surface area contributed by atoms with Crippen LogP contribution in [-0.4, -0.2) is 32.5 Å². The van der Waals surface area contributed by atoms with Crippen LogP contribution in [0, 0.1) is 0 Å². The molecule has 0 N–H and O–H groups in total. The first-order valence-electron chi connectivity index (χ1n) is 4.56. The standard InChI is InChI=1S/C10H16NO3P/c1-13-10(14-2)8-5-6-9(11-7-8)15(3,4)12/h5-7,10H,1-4H3. The summed E-state index contributed by atoms with van der Waals surface area (Å²) in [7, 11) is 0.846. The highest BCUT2D eigenvalue weighted by Gasteiger charge is 2.14. The van der Waals surface area contributed by atoms with E-state index in [-0.39, 0.29) is 0 Å². The Kier molecular flexibility index (Phi) is 4.03. The van der Waals surface area contributed by atoms with Crippen LogP contribution >= 0.6 is 7.14 Å². The van der Waals surface area contributed by atoms with E-state index in [4.69, 9.17) is 9.47 Å². The zero-order valence-corrected chi connectivity index (χ0v) is 10.3. The van der Waals surface area contributed by atoms with E-state index in [0.717, 1.165) is 5.56 Å². The van der Waals surface area contributed by atoms with Crippen molar-refractivity contribution in [3.63, 3.8) is 0 Å². The first-order valence-corrected chi connectivity index (χ1v) is 7.16. The van der Waals surface area contributed by atoms with Crippen LogP contribution in [0.15, 0.2) is 18.3 Å². The lowest BCUT2D eigenvalue weighted by atomic mass is 10.3. The maximum absolute atomic E-state index is 11.7. The Balaban J connectivity index is 2.94. The Labute approximate surface area is 90.0 Å². The van der Waals surface area contributed by atoms with Gasteiger partial charge in [-0.1, -0.05) is 6.07 Å². The summed E-state index contributed by atoms with van der Waals surface area (Å²) in [4.78, 5) is 4.14. The van der Waals surface area contributed by atoms with Crippen LogP contribution in [0.2, 0.25) is 0 Å². The van der Waals surface area contributed by atoms with Gasteiger partial charge in [-0.3, -0.25) is 4.98 Å². The fourth-order valence-electron chi connectivity index (χ4n) is 1.22. The molecule has 0 aliphatic heterocycles. The molecule has 1 aromatic heterocycles. The summed E-state index contributed by atoms with van der Waals surface area (Å²) in [5, 5.41) is 0. The molecule has 0 aromatic carbocycles. The first-order chi connectivity index (χ1) is 6.99. The second-order valence-corrected chi connectivity index (χ2v) is 6.76. The van der Waals surface area contributed by atoms with E-state index in [9.17, 15) is 4.57 Å². The number of aromatic nitrogens is 1. The third-order valence-electron chi connectivity index (χ3n) is 2.02. The Morgan fingerprint density at radius 2 is 1.87 bits per heavy atom. The number of hydrogen-bond acceptors (Lipinski definition) is 4. The van der Waals surface area contributed by atoms with Crippen molar-refractivity contribution in [2.75, 3.05) is 27.5 Å². The lowest BCUT2D eigenvalue weighted by molar-refractivity contribution is -0.106. The van der Waals surface area contributed by atoms with Crippen molar-refractivity contribution in [3.05, 3.63) is 23.9 Å². The molecule has 0 unspecified atom stereocenters. The minimum Gasteiger partial charge on any atom is -0.352 e. The number of rotatable bonds is 4. The molecule has 0 spiro atoms. The van der Waals surface area contributed by atoms with Gasteiger partial charge in [0, 0.05) is 26.0 Å². The quantitative estimate of drug-likeness (QED) is 0.581. The zero-order valence-electron chi connectivity index (χ0n) is 9.43. The van der Waals surface area contributed by atoms with Crippen molar-refractivity contribution in [2.24, 2.45) is 0 Å². The number of pyridine rings is 1. The van der Waals surface area contributed by atoms with Gasteiger partial charge in [0.05, 0.1) is 5.44 Å². The molecule has 0 aliphatic rings. The van der Waals surface area contributed by atoms with E-state index in [1.54, 1.807) is 39.8 Å². The summed E-state index contributed by atoms with van der Waals surface area (Å²) in [6.07, 6.45) is 1.21. The summed E-state index contributed by atoms with van der Waals surface area (Å²) in [6.45, 7) is 3.39. The molecule has 1 heterocycles. The number of ether oxygens (including phenoxy) is 2. The highest BCUT2D eigenvalue weighted by molar-refractivity contribution is 7.69. The summed E-state index contributed by atoms with van der Waals surface area (Å²) in [6, 6.07) is 3.57. The van der Waals surface area contributed by atoms with E-state index in [1.165, 1.54) is 0 Å². The SMILES string of the molecule is COC(OC)c1ccc(P(C)(C)=O)nc1. The highest BCUT2D eigenvalue weighted by atomic mass is 31.2. The minimum atomic E-state index is -2.28. The van der Waals surface area contributed by atoms with Crippen LogP contribution in [0.25, 0.3) is 0 Å². The molecular formula is C10H16NO3P. The molecule has 0 amide bonds. The smallest absolute Gasteiger partial charge is 0.184 e. The molecule has 0 aliphatic carbocycles. The van der Waals surface area contributed by atoms with Crippen LogP contribution in [0.1, 0.15) is 11.9 Å². The summed E-state index contributed by atoms with van der Waals surface area (Å²) < 4.78 is 21.9. The predicted octanol–water partition coefficient (Wildman–Crippen LogP) is 1.62. The van der Waals surface area contributed by atoms with Crippen LogP contribution in [0.5, 0.6) is 0 Å². The molecule has 0 saturated carbocycles. The van der Waals surface area contributed by atoms with Crippen molar-refractivity contribution in [1.29, 1.82) is 0 Å². The number of nitrogens with zero attached hydrogens (tertiary/aromatic N) is 1. The molecule has 1 rings (SSSR count). The largest absolute Gasteiger partial charge is 0.352 e. The Bertz CT molecular complexity index is 353. The van der Waals surface area contributed by atoms with Crippen molar-refractivity contribution in [1.82, 2.24) is 4.98 Å². The molecule has 0 radical (unpaired) electrons. The van der Waals surface area contributed by atoms with Crippen molar-refractivity contribution >= 4 is 12.6 Å². The van der Waals surface area contributed by atoms with Crippen molar-refractivity contribution < 1.29 is 14.0 Å². The Hall–Kier alpha value is -0.700. The monoisotopic (exact) mass is 229 g/mol. The highest BCUT2D eigenvalue weighted by Crippen LogP contribution is 2.33. The summed E-state index contributed by atoms with van der Waals surface area (Å²) in [5.74, 6) is 0. The van der Waals surface area contributed by atoms with Gasteiger partial charge in [-0.15, -0.1) is 0 Å². The van der Waals surface area contributed by atoms with Gasteiger partial charge in [0.2, 0.25) is 0 Å². The molecule has 4 nitrogen and oxygen atoms in total. The van der Waals surface area contributed by atoms with E-state index in [1.807, 2.05) is 6.07 Å². The maximum atomic E-state index is 11.7. The van der Waals surface area contributed by atoms with Gasteiger partial charge in [-0.25, -0.2) is 0 Å². The number of hydrogen-bond donors (Lipinski definition) is 0. The van der Waals surface area contributed by atoms with Gasteiger partial charge < -0.3 is 14.0 Å². The zero-order chi connectivity index (χ0) is 11.5. The molecule has 0 fully saturated rings. The molecule has 84 valence electrons. The van der Waals surface area contributed by atoms with Crippen LogP contribution in [0.4, 0.5) is 0 Å². The maximum Gasteiger partial charge on any atom is 0.184 e. The third-order valence-corrected chi connectivity index (χ3v) is 3.39. The Morgan fingerprint density at radius 1 is 1.27 bits per heavy atom. The molecule has 15 heavy (non-hydrogen) atoms. The van der Waals surface area contributed by atoms with Gasteiger partial charge in [0.15, 0.2) is 6.29 Å². The average Bonchev–Trinajstić information content (AvgIpc) is 2.19. The Morgan fingerprint density at radius 3 is 2.20 bits per heavy atom. The molecule has 5 heteroatoms. The van der Waals surface area contributed by atoms with E-state index in [2.05, 4.69) is 4.98 Å². The molecule has 0 atom stereocenters. The van der Waals surface area contributed by atoms with Gasteiger partial charge in [-0.2, -0.15) is 0 Å². The predicted molar refractivity (Wildman–Crippen MR) is 60.1 cm³/mol. The summed E-state index contributed by atoms with van der Waals surface area (Å²) >= 11 is 0. The summed E-state index contributed by atoms with van der Waals surface area (Å²) in [5.41, 5.74) is 1.44. The average molecular weight is 229 g/mol. The van der Waals surface area contributed by atoms with Crippen LogP contribution < -0.4 is 5.44 Å². The van der Waals surface area contributed by atoms with Crippen LogP contribution in [0.3, 0.4) is 0 Å². The van der Waals surface area contributed by atoms with E-state index < -0.39 is 13.4 Å². The van der Waals surface area contributed by atoms with Gasteiger partial charge in [0.25, 0.3) is 0 Å². The number of methoxy groups -OCH3 is 2. The lowest BCUT2D eigenvalue weighted by Gasteiger charge is -2.14. The molecule has 1 aromatic rings. The van der Waals surface area contributed by atoms with Crippen molar-refractivity contribution in [3.8, 4) is 0 Å². The van der Waals surface area contributed by atoms with Gasteiger partial charge in [-0.05, 0) is 19.4 Å². The first kappa shape index (κ1) is 12.4.